The molecule has 0 N–H and O–H groups in total. The van der Waals surface area contributed by atoms with Crippen LogP contribution >= 0.6 is 0 Å². The highest BCUT2D eigenvalue weighted by Gasteiger charge is 2.38. The Morgan fingerprint density at radius 3 is 2.59 bits per heavy atom. The van der Waals surface area contributed by atoms with Gasteiger partial charge >= 0.3 is 5.51 Å². The lowest BCUT2D eigenvalue weighted by molar-refractivity contribution is -0.0384. The molecule has 0 saturated heterocycles. The Kier molecular flexibility index (Phi) is 4.80. The molecule has 144 valence electrons. The van der Waals surface area contributed by atoms with Gasteiger partial charge in [-0.2, -0.15) is 13.2 Å². The highest BCUT2D eigenvalue weighted by Crippen LogP contribution is 2.30. The molecule has 3 rings (SSSR count). The molecule has 7 nitrogen and oxygen atoms in total. The minimum absolute atomic E-state index is 0.0370. The number of aryl methyl sites for hydroxylation is 1. The Morgan fingerprint density at radius 2 is 1.96 bits per heavy atom. The van der Waals surface area contributed by atoms with E-state index in [0.717, 1.165) is 12.3 Å². The Morgan fingerprint density at radius 1 is 1.26 bits per heavy atom. The van der Waals surface area contributed by atoms with Crippen molar-refractivity contribution >= 4 is 31.8 Å². The average molecular weight is 418 g/mol. The Bertz CT molecular complexity index is 1160. The highest BCUT2D eigenvalue weighted by atomic mass is 32.2. The van der Waals surface area contributed by atoms with Gasteiger partial charge in [-0.1, -0.05) is 6.92 Å². The van der Waals surface area contributed by atoms with Gasteiger partial charge in [0.2, 0.25) is 0 Å². The predicted molar refractivity (Wildman–Crippen MR) is 91.9 cm³/mol. The van der Waals surface area contributed by atoms with E-state index in [-0.39, 0.29) is 33.3 Å². The van der Waals surface area contributed by atoms with Crippen molar-refractivity contribution in [2.45, 2.75) is 22.2 Å². The first-order valence-electron chi connectivity index (χ1n) is 7.55. The monoisotopic (exact) mass is 418 g/mol. The first-order chi connectivity index (χ1) is 12.6. The topological polar surface area (TPSA) is 94.8 Å². The average Bonchev–Trinajstić information content (AvgIpc) is 2.96. The fourth-order valence-corrected chi connectivity index (χ4v) is 4.14. The molecule has 0 aliphatic carbocycles. The van der Waals surface area contributed by atoms with Crippen LogP contribution in [0.2, 0.25) is 0 Å². The summed E-state index contributed by atoms with van der Waals surface area (Å²) >= 11 is 0. The Labute approximate surface area is 154 Å². The van der Waals surface area contributed by atoms with Gasteiger partial charge in [0, 0.05) is 19.4 Å². The summed E-state index contributed by atoms with van der Waals surface area (Å²) in [6.45, 7) is 1.49. The van der Waals surface area contributed by atoms with Crippen molar-refractivity contribution < 1.29 is 25.8 Å². The van der Waals surface area contributed by atoms with Crippen LogP contribution in [-0.4, -0.2) is 43.4 Å². The standard InChI is InChI=1S/C15H13F3N4O3S2/c1-3-27(24,25)11-5-4-6-19-12(11)14-21-10-7-9(26(23)15(16,17)18)8-20-13(10)22(14)2/h4-8H,3H2,1-2H3. The third-order valence-corrected chi connectivity index (χ3v) is 6.64. The summed E-state index contributed by atoms with van der Waals surface area (Å²) in [7, 11) is -5.31. The first kappa shape index (κ1) is 19.4. The summed E-state index contributed by atoms with van der Waals surface area (Å²) in [5, 5.41) is 0. The lowest BCUT2D eigenvalue weighted by Crippen LogP contribution is -2.16. The van der Waals surface area contributed by atoms with Crippen molar-refractivity contribution in [3.8, 4) is 11.5 Å². The number of alkyl halides is 3. The van der Waals surface area contributed by atoms with E-state index in [4.69, 9.17) is 0 Å². The van der Waals surface area contributed by atoms with Gasteiger partial charge in [0.05, 0.1) is 15.5 Å². The van der Waals surface area contributed by atoms with E-state index >= 15 is 0 Å². The highest BCUT2D eigenvalue weighted by molar-refractivity contribution is 7.91. The quantitative estimate of drug-likeness (QED) is 0.646. The molecule has 0 aliphatic rings. The maximum atomic E-state index is 12.7. The van der Waals surface area contributed by atoms with Crippen LogP contribution in [0, 0.1) is 0 Å². The fraction of sp³-hybridized carbons (Fsp3) is 0.267. The maximum absolute atomic E-state index is 12.7. The van der Waals surface area contributed by atoms with Crippen LogP contribution < -0.4 is 0 Å². The lowest BCUT2D eigenvalue weighted by Gasteiger charge is -2.08. The Hall–Kier alpha value is -2.34. The van der Waals surface area contributed by atoms with E-state index in [0.29, 0.717) is 0 Å². The molecule has 3 heterocycles. The second-order valence-corrected chi connectivity index (χ2v) is 9.19. The first-order valence-corrected chi connectivity index (χ1v) is 10.4. The van der Waals surface area contributed by atoms with Crippen molar-refractivity contribution in [1.29, 1.82) is 0 Å². The zero-order chi connectivity index (χ0) is 20.0. The van der Waals surface area contributed by atoms with Gasteiger partial charge in [-0.25, -0.2) is 22.6 Å². The predicted octanol–water partition coefficient (Wildman–Crippen LogP) is 2.45. The molecule has 0 aliphatic heterocycles. The summed E-state index contributed by atoms with van der Waals surface area (Å²) in [6, 6.07) is 3.88. The molecule has 1 atom stereocenters. The molecule has 3 aromatic rings. The molecule has 0 spiro atoms. The summed E-state index contributed by atoms with van der Waals surface area (Å²) in [4.78, 5) is 11.6. The maximum Gasteiger partial charge on any atom is 0.475 e. The number of pyridine rings is 2. The Balaban J connectivity index is 2.21. The van der Waals surface area contributed by atoms with Crippen LogP contribution in [0.1, 0.15) is 6.92 Å². The van der Waals surface area contributed by atoms with E-state index in [1.165, 1.54) is 36.9 Å². The number of imidazole rings is 1. The van der Waals surface area contributed by atoms with Crippen LogP contribution in [0.25, 0.3) is 22.7 Å². The summed E-state index contributed by atoms with van der Waals surface area (Å²) in [6.07, 6.45) is 2.25. The van der Waals surface area contributed by atoms with Gasteiger partial charge in [0.1, 0.15) is 11.2 Å². The minimum Gasteiger partial charge on any atom is -0.310 e. The zero-order valence-electron chi connectivity index (χ0n) is 14.1. The number of hydrogen-bond donors (Lipinski definition) is 0. The summed E-state index contributed by atoms with van der Waals surface area (Å²) in [5.41, 5.74) is -4.60. The third-order valence-electron chi connectivity index (χ3n) is 3.81. The van der Waals surface area contributed by atoms with Crippen LogP contribution in [0.3, 0.4) is 0 Å². The second kappa shape index (κ2) is 6.68. The van der Waals surface area contributed by atoms with E-state index in [2.05, 4.69) is 15.0 Å². The van der Waals surface area contributed by atoms with Gasteiger partial charge in [0.25, 0.3) is 0 Å². The molecule has 12 heteroatoms. The molecular formula is C15H13F3N4O3S2. The van der Waals surface area contributed by atoms with Crippen molar-refractivity contribution in [2.24, 2.45) is 7.05 Å². The number of rotatable bonds is 4. The SMILES string of the molecule is CCS(=O)(=O)c1cccnc1-c1nc2cc(S(=O)C(F)(F)F)cnc2n1C. The van der Waals surface area contributed by atoms with Gasteiger partial charge in [-0.3, -0.25) is 4.98 Å². The largest absolute Gasteiger partial charge is 0.475 e. The lowest BCUT2D eigenvalue weighted by atomic mass is 10.3. The van der Waals surface area contributed by atoms with Crippen LogP contribution in [-0.2, 0) is 27.7 Å². The number of aromatic nitrogens is 4. The van der Waals surface area contributed by atoms with E-state index in [9.17, 15) is 25.8 Å². The smallest absolute Gasteiger partial charge is 0.310 e. The number of nitrogens with zero attached hydrogens (tertiary/aromatic N) is 4. The molecule has 3 aromatic heterocycles. The number of fused-ring (bicyclic) bond motifs is 1. The minimum atomic E-state index is -4.92. The molecule has 0 amide bonds. The molecule has 0 aromatic carbocycles. The van der Waals surface area contributed by atoms with Crippen molar-refractivity contribution in [3.05, 3.63) is 30.6 Å². The van der Waals surface area contributed by atoms with Crippen molar-refractivity contribution in [2.75, 3.05) is 5.75 Å². The summed E-state index contributed by atoms with van der Waals surface area (Å²) in [5.74, 6) is -0.0251. The van der Waals surface area contributed by atoms with E-state index in [1.807, 2.05) is 0 Å². The number of halogens is 3. The van der Waals surface area contributed by atoms with Crippen LogP contribution in [0.5, 0.6) is 0 Å². The van der Waals surface area contributed by atoms with Gasteiger partial charge < -0.3 is 4.57 Å². The van der Waals surface area contributed by atoms with Crippen molar-refractivity contribution in [1.82, 2.24) is 19.5 Å². The van der Waals surface area contributed by atoms with Gasteiger partial charge in [0.15, 0.2) is 32.1 Å². The molecule has 1 unspecified atom stereocenters. The van der Waals surface area contributed by atoms with Crippen LogP contribution in [0.4, 0.5) is 13.2 Å². The molecule has 0 fully saturated rings. The second-order valence-electron chi connectivity index (χ2n) is 5.48. The molecule has 0 bridgehead atoms. The molecular weight excluding hydrogens is 405 g/mol. The van der Waals surface area contributed by atoms with E-state index in [1.54, 1.807) is 0 Å². The summed E-state index contributed by atoms with van der Waals surface area (Å²) < 4.78 is 75.6. The van der Waals surface area contributed by atoms with Crippen LogP contribution in [0.15, 0.2) is 40.4 Å². The number of sulfone groups is 1. The van der Waals surface area contributed by atoms with Crippen molar-refractivity contribution in [3.63, 3.8) is 0 Å². The van der Waals surface area contributed by atoms with Gasteiger partial charge in [-0.15, -0.1) is 0 Å². The number of hydrogen-bond acceptors (Lipinski definition) is 6. The molecule has 0 radical (unpaired) electrons. The normalized spacial score (nSPS) is 13.8. The molecule has 0 saturated carbocycles. The van der Waals surface area contributed by atoms with E-state index < -0.39 is 31.0 Å². The molecule has 27 heavy (non-hydrogen) atoms. The fourth-order valence-electron chi connectivity index (χ4n) is 2.47. The third kappa shape index (κ3) is 3.46. The zero-order valence-corrected chi connectivity index (χ0v) is 15.7. The van der Waals surface area contributed by atoms with Gasteiger partial charge in [-0.05, 0) is 18.2 Å².